The molecular weight excluding hydrogens is 471 g/mol. The van der Waals surface area contributed by atoms with Crippen LogP contribution in [0.4, 0.5) is 42.6 Å². The maximum Gasteiger partial charge on any atom is 0.433 e. The average Bonchev–Trinajstić information content (AvgIpc) is 2.75. The molecule has 7 nitrogen and oxygen atoms in total. The maximum atomic E-state index is 13.8. The lowest BCUT2D eigenvalue weighted by molar-refractivity contribution is -0.141. The molecule has 14 heteroatoms. The molecule has 0 spiro atoms. The molecule has 2 aliphatic carbocycles. The molecular formula is C20H22F7N7. The third-order valence-corrected chi connectivity index (χ3v) is 6.18. The van der Waals surface area contributed by atoms with Crippen LogP contribution in [0.5, 0.6) is 0 Å². The van der Waals surface area contributed by atoms with Crippen LogP contribution in [-0.2, 0) is 6.18 Å². The summed E-state index contributed by atoms with van der Waals surface area (Å²) in [5.74, 6) is -6.84. The maximum absolute atomic E-state index is 13.8. The van der Waals surface area contributed by atoms with Gasteiger partial charge in [-0.2, -0.15) is 28.1 Å². The van der Waals surface area contributed by atoms with Crippen LogP contribution >= 0.6 is 0 Å². The summed E-state index contributed by atoms with van der Waals surface area (Å²) in [6.45, 7) is 0. The normalized spacial score (nSPS) is 21.4. The summed E-state index contributed by atoms with van der Waals surface area (Å²) in [5.41, 5.74) is 4.59. The Bertz CT molecular complexity index is 983. The zero-order valence-electron chi connectivity index (χ0n) is 17.9. The number of anilines is 2. The van der Waals surface area contributed by atoms with Crippen LogP contribution < -0.4 is 10.6 Å². The largest absolute Gasteiger partial charge is 0.433 e. The fraction of sp³-hybridized carbons (Fsp3) is 0.650. The Hall–Kier alpha value is -2.80. The highest BCUT2D eigenvalue weighted by Crippen LogP contribution is 2.41. The van der Waals surface area contributed by atoms with Gasteiger partial charge in [-0.25, -0.2) is 27.5 Å². The third-order valence-electron chi connectivity index (χ3n) is 6.18. The number of alkyl halides is 7. The Balaban J connectivity index is 1.71. The summed E-state index contributed by atoms with van der Waals surface area (Å²) < 4.78 is 94.4. The van der Waals surface area contributed by atoms with Gasteiger partial charge in [-0.1, -0.05) is 0 Å². The monoisotopic (exact) mass is 493 g/mol. The minimum absolute atomic E-state index is 0.0703. The molecule has 0 saturated heterocycles. The van der Waals surface area contributed by atoms with Crippen molar-refractivity contribution in [1.29, 1.82) is 0 Å². The molecule has 0 aromatic carbocycles. The van der Waals surface area contributed by atoms with Crippen molar-refractivity contribution in [3.8, 4) is 11.6 Å². The Labute approximate surface area is 190 Å². The quantitative estimate of drug-likeness (QED) is 0.606. The van der Waals surface area contributed by atoms with Crippen molar-refractivity contribution in [2.45, 2.75) is 81.5 Å². The first-order valence-corrected chi connectivity index (χ1v) is 10.8. The molecule has 0 aliphatic heterocycles. The van der Waals surface area contributed by atoms with Crippen LogP contribution in [-0.4, -0.2) is 48.8 Å². The summed E-state index contributed by atoms with van der Waals surface area (Å²) in [5, 5.41) is 0. The number of nitrogens with zero attached hydrogens (tertiary/aromatic N) is 6. The molecule has 2 saturated carbocycles. The van der Waals surface area contributed by atoms with Crippen molar-refractivity contribution in [1.82, 2.24) is 24.9 Å². The van der Waals surface area contributed by atoms with Gasteiger partial charge in [0.15, 0.2) is 5.82 Å². The lowest BCUT2D eigenvalue weighted by atomic mass is 9.86. The van der Waals surface area contributed by atoms with E-state index < -0.39 is 41.6 Å². The fourth-order valence-corrected chi connectivity index (χ4v) is 4.45. The van der Waals surface area contributed by atoms with Crippen molar-refractivity contribution in [2.24, 2.45) is 0 Å². The van der Waals surface area contributed by atoms with Gasteiger partial charge in [-0.15, -0.1) is 0 Å². The second kappa shape index (κ2) is 8.77. The molecule has 0 atom stereocenters. The standard InChI is InChI=1S/C20H22F7N7/c21-18(22)6-1-11(2-7-18)34(12-3-8-19(23,24)9-4-12)17-32-15(31-16(28)33-17)14-29-10-5-13(30-14)20(25,26)27/h5,10-12H,1-4,6-9H2,(H2,28,31,32,33). The van der Waals surface area contributed by atoms with E-state index in [2.05, 4.69) is 24.9 Å². The molecule has 2 N–H and O–H groups in total. The van der Waals surface area contributed by atoms with E-state index in [1.54, 1.807) is 4.90 Å². The smallest absolute Gasteiger partial charge is 0.368 e. The van der Waals surface area contributed by atoms with Crippen molar-refractivity contribution < 1.29 is 30.7 Å². The number of hydrogen-bond acceptors (Lipinski definition) is 7. The third kappa shape index (κ3) is 5.46. The first-order valence-electron chi connectivity index (χ1n) is 10.8. The van der Waals surface area contributed by atoms with Crippen LogP contribution in [0, 0.1) is 0 Å². The molecule has 186 valence electrons. The highest BCUT2D eigenvalue weighted by atomic mass is 19.4. The number of nitrogens with two attached hydrogens (primary N) is 1. The van der Waals surface area contributed by atoms with E-state index in [1.165, 1.54) is 0 Å². The molecule has 4 rings (SSSR count). The average molecular weight is 493 g/mol. The Morgan fingerprint density at radius 1 is 0.794 bits per heavy atom. The second-order valence-electron chi connectivity index (χ2n) is 8.66. The van der Waals surface area contributed by atoms with Gasteiger partial charge in [0.25, 0.3) is 0 Å². The summed E-state index contributed by atoms with van der Waals surface area (Å²) in [6.07, 6.45) is -5.10. The molecule has 0 amide bonds. The van der Waals surface area contributed by atoms with Crippen LogP contribution in [0.1, 0.15) is 57.1 Å². The van der Waals surface area contributed by atoms with Gasteiger partial charge in [0.2, 0.25) is 29.6 Å². The van der Waals surface area contributed by atoms with E-state index in [9.17, 15) is 30.7 Å². The summed E-state index contributed by atoms with van der Waals surface area (Å²) in [4.78, 5) is 21.0. The molecule has 2 aliphatic rings. The highest BCUT2D eigenvalue weighted by molar-refractivity contribution is 5.50. The molecule has 2 aromatic heterocycles. The molecule has 0 unspecified atom stereocenters. The first kappa shape index (κ1) is 24.3. The molecule has 2 heterocycles. The summed E-state index contributed by atoms with van der Waals surface area (Å²) in [6, 6.07) is -0.270. The van der Waals surface area contributed by atoms with Gasteiger partial charge < -0.3 is 10.6 Å². The minimum atomic E-state index is -4.73. The topological polar surface area (TPSA) is 93.7 Å². The molecule has 0 radical (unpaired) electrons. The zero-order chi connectivity index (χ0) is 24.7. The van der Waals surface area contributed by atoms with Gasteiger partial charge in [0.1, 0.15) is 5.69 Å². The van der Waals surface area contributed by atoms with E-state index in [1.807, 2.05) is 0 Å². The Morgan fingerprint density at radius 2 is 1.32 bits per heavy atom. The van der Waals surface area contributed by atoms with Gasteiger partial charge in [-0.05, 0) is 31.7 Å². The second-order valence-corrected chi connectivity index (χ2v) is 8.66. The molecule has 0 bridgehead atoms. The van der Waals surface area contributed by atoms with E-state index in [-0.39, 0.29) is 69.1 Å². The van der Waals surface area contributed by atoms with Gasteiger partial charge >= 0.3 is 6.18 Å². The van der Waals surface area contributed by atoms with E-state index >= 15 is 0 Å². The Kier molecular flexibility index (Phi) is 6.27. The van der Waals surface area contributed by atoms with Crippen LogP contribution in [0.2, 0.25) is 0 Å². The van der Waals surface area contributed by atoms with E-state index in [0.717, 1.165) is 6.20 Å². The van der Waals surface area contributed by atoms with Crippen LogP contribution in [0.25, 0.3) is 11.6 Å². The van der Waals surface area contributed by atoms with Crippen molar-refractivity contribution in [3.05, 3.63) is 18.0 Å². The first-order chi connectivity index (χ1) is 15.8. The fourth-order valence-electron chi connectivity index (χ4n) is 4.45. The van der Waals surface area contributed by atoms with Crippen molar-refractivity contribution in [3.63, 3.8) is 0 Å². The number of halogens is 7. The summed E-state index contributed by atoms with van der Waals surface area (Å²) >= 11 is 0. The van der Waals surface area contributed by atoms with Crippen LogP contribution in [0.3, 0.4) is 0 Å². The van der Waals surface area contributed by atoms with Gasteiger partial charge in [-0.3, -0.25) is 0 Å². The lowest BCUT2D eigenvalue weighted by Gasteiger charge is -2.43. The van der Waals surface area contributed by atoms with Crippen molar-refractivity contribution in [2.75, 3.05) is 10.6 Å². The van der Waals surface area contributed by atoms with Gasteiger partial charge in [0, 0.05) is 44.0 Å². The molecule has 2 fully saturated rings. The number of nitrogen functional groups attached to an aromatic ring is 1. The minimum Gasteiger partial charge on any atom is -0.368 e. The SMILES string of the molecule is Nc1nc(-c2nccc(C(F)(F)F)n2)nc(N(C2CCC(F)(F)CC2)C2CCC(F)(F)CC2)n1. The summed E-state index contributed by atoms with van der Waals surface area (Å²) in [7, 11) is 0. The van der Waals surface area contributed by atoms with E-state index in [4.69, 9.17) is 5.73 Å². The van der Waals surface area contributed by atoms with Gasteiger partial charge in [0.05, 0.1) is 0 Å². The van der Waals surface area contributed by atoms with Crippen molar-refractivity contribution >= 4 is 11.9 Å². The lowest BCUT2D eigenvalue weighted by Crippen LogP contribution is -2.50. The van der Waals surface area contributed by atoms with E-state index in [0.29, 0.717) is 6.07 Å². The number of aromatic nitrogens is 5. The highest BCUT2D eigenvalue weighted by Gasteiger charge is 2.43. The molecule has 2 aromatic rings. The zero-order valence-corrected chi connectivity index (χ0v) is 17.9. The molecule has 34 heavy (non-hydrogen) atoms. The number of rotatable bonds is 4. The predicted octanol–water partition coefficient (Wildman–Crippen LogP) is 4.89. The predicted molar refractivity (Wildman–Crippen MR) is 107 cm³/mol. The number of hydrogen-bond donors (Lipinski definition) is 1. The van der Waals surface area contributed by atoms with Crippen LogP contribution in [0.15, 0.2) is 12.3 Å². The Morgan fingerprint density at radius 3 is 1.82 bits per heavy atom.